The van der Waals surface area contributed by atoms with Crippen LogP contribution in [0.15, 0.2) is 109 Å². The first-order chi connectivity index (χ1) is 18.7. The lowest BCUT2D eigenvalue weighted by Crippen LogP contribution is -2.43. The van der Waals surface area contributed by atoms with Crippen LogP contribution in [0.2, 0.25) is 5.02 Å². The molecule has 0 heterocycles. The Kier molecular flexibility index (Phi) is 9.36. The zero-order valence-corrected chi connectivity index (χ0v) is 22.9. The minimum absolute atomic E-state index is 0.147. The number of carbonyl (C=O) groups is 1. The summed E-state index contributed by atoms with van der Waals surface area (Å²) in [6, 6.07) is 31.3. The fourth-order valence-electron chi connectivity index (χ4n) is 4.10. The van der Waals surface area contributed by atoms with Gasteiger partial charge in [-0.3, -0.25) is 13.8 Å². The Morgan fingerprint density at radius 2 is 1.44 bits per heavy atom. The van der Waals surface area contributed by atoms with E-state index in [1.54, 1.807) is 48.5 Å². The molecule has 0 saturated heterocycles. The molecule has 0 fully saturated rings. The Labute approximate surface area is 232 Å². The van der Waals surface area contributed by atoms with E-state index in [0.29, 0.717) is 27.3 Å². The van der Waals surface area contributed by atoms with Gasteiger partial charge in [-0.1, -0.05) is 120 Å². The van der Waals surface area contributed by atoms with Crippen molar-refractivity contribution in [2.45, 2.75) is 25.2 Å². The van der Waals surface area contributed by atoms with Gasteiger partial charge in [0.2, 0.25) is 0 Å². The summed E-state index contributed by atoms with van der Waals surface area (Å²) in [5.41, 5.74) is 8.17. The zero-order chi connectivity index (χ0) is 27.9. The molecule has 0 aromatic heterocycles. The molecule has 3 atom stereocenters. The molecule has 4 aromatic carbocycles. The summed E-state index contributed by atoms with van der Waals surface area (Å²) in [7, 11) is -4.50. The molecule has 0 aliphatic rings. The topological polar surface area (TPSA) is 108 Å². The normalized spacial score (nSPS) is 15.1. The first-order valence-corrected chi connectivity index (χ1v) is 14.1. The Balaban J connectivity index is 1.62. The molecule has 0 aliphatic carbocycles. The molecule has 0 bridgehead atoms. The van der Waals surface area contributed by atoms with Gasteiger partial charge in [-0.2, -0.15) is 0 Å². The van der Waals surface area contributed by atoms with Crippen LogP contribution in [0.5, 0.6) is 0 Å². The summed E-state index contributed by atoms with van der Waals surface area (Å²) in [6.07, 6.45) is 0. The van der Waals surface area contributed by atoms with Crippen molar-refractivity contribution in [2.75, 3.05) is 6.61 Å². The van der Waals surface area contributed by atoms with E-state index in [0.717, 1.165) is 5.56 Å². The highest BCUT2D eigenvalue weighted by Gasteiger charge is 2.43. The van der Waals surface area contributed by atoms with Crippen molar-refractivity contribution in [1.29, 1.82) is 0 Å². The van der Waals surface area contributed by atoms with Crippen molar-refractivity contribution in [3.63, 3.8) is 0 Å². The lowest BCUT2D eigenvalue weighted by atomic mass is 9.79. The van der Waals surface area contributed by atoms with E-state index in [9.17, 15) is 14.3 Å². The highest BCUT2D eigenvalue weighted by atomic mass is 35.5. The Morgan fingerprint density at radius 1 is 0.872 bits per heavy atom. The summed E-state index contributed by atoms with van der Waals surface area (Å²) in [5.74, 6) is -0.859. The maximum atomic E-state index is 13.5. The molecule has 0 amide bonds. The van der Waals surface area contributed by atoms with Gasteiger partial charge in [-0.15, -0.1) is 0 Å². The Morgan fingerprint density at radius 3 is 2.08 bits per heavy atom. The van der Waals surface area contributed by atoms with Crippen LogP contribution in [-0.4, -0.2) is 23.5 Å². The minimum atomic E-state index is -4.50. The van der Waals surface area contributed by atoms with E-state index >= 15 is 0 Å². The molecule has 7 nitrogen and oxygen atoms in total. The van der Waals surface area contributed by atoms with Crippen LogP contribution in [0.4, 0.5) is 0 Å². The van der Waals surface area contributed by atoms with Gasteiger partial charge < -0.3 is 15.4 Å². The highest BCUT2D eigenvalue weighted by molar-refractivity contribution is 7.47. The Bertz CT molecular complexity index is 1440. The van der Waals surface area contributed by atoms with E-state index in [2.05, 4.69) is 0 Å². The predicted molar refractivity (Wildman–Crippen MR) is 150 cm³/mol. The zero-order valence-electron chi connectivity index (χ0n) is 21.3. The third-order valence-electron chi connectivity index (χ3n) is 6.10. The number of halogens is 1. The summed E-state index contributed by atoms with van der Waals surface area (Å²) >= 11 is 6.68. The number of phosphoric ester groups is 1. The maximum Gasteiger partial charge on any atom is 0.472 e. The summed E-state index contributed by atoms with van der Waals surface area (Å²) in [6.45, 7) is 1.20. The van der Waals surface area contributed by atoms with E-state index in [1.165, 1.54) is 0 Å². The van der Waals surface area contributed by atoms with Crippen LogP contribution < -0.4 is 5.73 Å². The second-order valence-electron chi connectivity index (χ2n) is 8.94. The molecule has 3 N–H and O–H groups in total. The van der Waals surface area contributed by atoms with Crippen molar-refractivity contribution >= 4 is 25.4 Å². The van der Waals surface area contributed by atoms with Crippen molar-refractivity contribution in [1.82, 2.24) is 0 Å². The van der Waals surface area contributed by atoms with E-state index in [-0.39, 0.29) is 6.61 Å². The van der Waals surface area contributed by atoms with Crippen LogP contribution in [-0.2, 0) is 35.4 Å². The maximum absolute atomic E-state index is 13.5. The molecule has 0 aliphatic heterocycles. The molecule has 0 radical (unpaired) electrons. The molecular formula is C30H29ClNO6P. The second-order valence-corrected chi connectivity index (χ2v) is 10.8. The van der Waals surface area contributed by atoms with Crippen molar-refractivity contribution in [3.8, 4) is 0 Å². The lowest BCUT2D eigenvalue weighted by Gasteiger charge is -2.36. The van der Waals surface area contributed by atoms with Crippen LogP contribution in [0.3, 0.4) is 0 Å². The third-order valence-corrected chi connectivity index (χ3v) is 7.36. The number of hydrogen-bond acceptors (Lipinski definition) is 6. The highest BCUT2D eigenvalue weighted by Crippen LogP contribution is 2.45. The summed E-state index contributed by atoms with van der Waals surface area (Å²) in [5, 5.41) is 0.383. The molecule has 202 valence electrons. The van der Waals surface area contributed by atoms with Gasteiger partial charge in [-0.25, -0.2) is 4.57 Å². The molecule has 9 heteroatoms. The number of aryl methyl sites for hydroxylation is 1. The molecule has 0 spiro atoms. The van der Waals surface area contributed by atoms with Crippen LogP contribution in [0.25, 0.3) is 0 Å². The predicted octanol–water partition coefficient (Wildman–Crippen LogP) is 6.14. The molecule has 4 rings (SSSR count). The SMILES string of the molecule is Cc1ccc(C(OC(=O)C(N)COP(=O)(O)OCc2ccccc2)(c2ccccc2)c2ccccc2Cl)cc1. The van der Waals surface area contributed by atoms with E-state index in [1.807, 2.05) is 67.6 Å². The van der Waals surface area contributed by atoms with Gasteiger partial charge in [0.15, 0.2) is 5.60 Å². The molecule has 4 aromatic rings. The monoisotopic (exact) mass is 565 g/mol. The van der Waals surface area contributed by atoms with Crippen molar-refractivity contribution < 1.29 is 28.0 Å². The number of hydrogen-bond donors (Lipinski definition) is 2. The second kappa shape index (κ2) is 12.7. The molecule has 3 unspecified atom stereocenters. The number of carbonyl (C=O) groups excluding carboxylic acids is 1. The lowest BCUT2D eigenvalue weighted by molar-refractivity contribution is -0.156. The number of nitrogens with two attached hydrogens (primary N) is 1. The summed E-state index contributed by atoms with van der Waals surface area (Å²) in [4.78, 5) is 23.6. The summed E-state index contributed by atoms with van der Waals surface area (Å²) < 4.78 is 28.7. The van der Waals surface area contributed by atoms with Crippen LogP contribution in [0.1, 0.15) is 27.8 Å². The fraction of sp³-hybridized carbons (Fsp3) is 0.167. The number of rotatable bonds is 11. The minimum Gasteiger partial charge on any atom is -0.443 e. The molecular weight excluding hydrogens is 537 g/mol. The molecule has 39 heavy (non-hydrogen) atoms. The standard InChI is InChI=1S/C30H29ClNO6P/c1-22-16-18-25(19-17-22)30(24-12-6-3-7-13-24,26-14-8-9-15-27(26)31)38-29(33)28(32)21-37-39(34,35)36-20-23-10-4-2-5-11-23/h2-19,28H,20-21,32H2,1H3,(H,34,35). The largest absolute Gasteiger partial charge is 0.472 e. The van der Waals surface area contributed by atoms with E-state index in [4.69, 9.17) is 31.1 Å². The average Bonchev–Trinajstić information content (AvgIpc) is 2.95. The van der Waals surface area contributed by atoms with Gasteiger partial charge in [0.1, 0.15) is 6.04 Å². The van der Waals surface area contributed by atoms with Gasteiger partial charge >= 0.3 is 13.8 Å². The van der Waals surface area contributed by atoms with Gasteiger partial charge in [0.25, 0.3) is 0 Å². The van der Waals surface area contributed by atoms with Gasteiger partial charge in [0.05, 0.1) is 13.2 Å². The van der Waals surface area contributed by atoms with Crippen LogP contribution in [0, 0.1) is 6.92 Å². The smallest absolute Gasteiger partial charge is 0.443 e. The van der Waals surface area contributed by atoms with Crippen LogP contribution >= 0.6 is 19.4 Å². The first-order valence-electron chi connectivity index (χ1n) is 12.2. The van der Waals surface area contributed by atoms with Gasteiger partial charge in [-0.05, 0) is 18.6 Å². The quantitative estimate of drug-likeness (QED) is 0.128. The molecule has 0 saturated carbocycles. The first kappa shape index (κ1) is 28.7. The number of esters is 1. The van der Waals surface area contributed by atoms with Gasteiger partial charge in [0, 0.05) is 21.7 Å². The number of benzene rings is 4. The fourth-order valence-corrected chi connectivity index (χ4v) is 5.10. The number of phosphoric acid groups is 1. The number of ether oxygens (including phenoxy) is 1. The Hall–Kier alpha value is -3.29. The third kappa shape index (κ3) is 7.02. The average molecular weight is 566 g/mol. The van der Waals surface area contributed by atoms with Crippen molar-refractivity contribution in [3.05, 3.63) is 142 Å². The van der Waals surface area contributed by atoms with Crippen molar-refractivity contribution in [2.24, 2.45) is 5.73 Å². The van der Waals surface area contributed by atoms with E-state index < -0.39 is 32.0 Å².